The summed E-state index contributed by atoms with van der Waals surface area (Å²) in [6.45, 7) is 6.74. The van der Waals surface area contributed by atoms with Gasteiger partial charge in [-0.3, -0.25) is 9.59 Å². The van der Waals surface area contributed by atoms with E-state index in [1.54, 1.807) is 48.5 Å². The van der Waals surface area contributed by atoms with Crippen LogP contribution in [0.5, 0.6) is 11.5 Å². The van der Waals surface area contributed by atoms with E-state index in [4.69, 9.17) is 9.47 Å². The van der Waals surface area contributed by atoms with Crippen molar-refractivity contribution in [2.75, 3.05) is 13.2 Å². The molecule has 0 aliphatic heterocycles. The van der Waals surface area contributed by atoms with Gasteiger partial charge < -0.3 is 29.9 Å². The minimum atomic E-state index is -1.86. The van der Waals surface area contributed by atoms with Gasteiger partial charge in [-0.15, -0.1) is 0 Å². The molecule has 0 amide bonds. The Morgan fingerprint density at radius 3 is 1.30 bits per heavy atom. The van der Waals surface area contributed by atoms with Gasteiger partial charge in [0.25, 0.3) is 0 Å². The summed E-state index contributed by atoms with van der Waals surface area (Å²) in [5.74, 6) is -0.209. The highest BCUT2D eigenvalue weighted by Gasteiger charge is 2.38. The number of carbonyl (C=O) groups is 2. The molecule has 43 heavy (non-hydrogen) atoms. The molecule has 2 atom stereocenters. The van der Waals surface area contributed by atoms with Gasteiger partial charge in [0, 0.05) is 12.8 Å². The first-order valence-corrected chi connectivity index (χ1v) is 15.3. The number of aliphatic hydroxyl groups excluding tert-OH is 4. The van der Waals surface area contributed by atoms with Gasteiger partial charge in [-0.2, -0.15) is 0 Å². The van der Waals surface area contributed by atoms with Crippen molar-refractivity contribution in [3.63, 3.8) is 0 Å². The lowest BCUT2D eigenvalue weighted by Gasteiger charge is -2.28. The van der Waals surface area contributed by atoms with Crippen LogP contribution in [-0.2, 0) is 9.59 Å². The SMILES string of the molecule is CCCC(CC)CC(=O)Oc1ccc(C=C(O)C(CO)(CO)C(O)=Cc2ccc(OC(=O)CC(CC)CCC)cc2)cc1. The zero-order valence-electron chi connectivity index (χ0n) is 25.9. The van der Waals surface area contributed by atoms with Gasteiger partial charge in [0.15, 0.2) is 0 Å². The fourth-order valence-corrected chi connectivity index (χ4v) is 4.90. The summed E-state index contributed by atoms with van der Waals surface area (Å²) in [5.41, 5.74) is -0.854. The summed E-state index contributed by atoms with van der Waals surface area (Å²) in [4.78, 5) is 24.6. The number of rotatable bonds is 18. The molecule has 0 radical (unpaired) electrons. The summed E-state index contributed by atoms with van der Waals surface area (Å²) in [5, 5.41) is 42.1. The summed E-state index contributed by atoms with van der Waals surface area (Å²) < 4.78 is 10.9. The number of hydrogen-bond donors (Lipinski definition) is 4. The van der Waals surface area contributed by atoms with E-state index < -0.39 is 30.1 Å². The Morgan fingerprint density at radius 1 is 0.674 bits per heavy atom. The van der Waals surface area contributed by atoms with Gasteiger partial charge in [-0.1, -0.05) is 90.5 Å². The first-order valence-electron chi connectivity index (χ1n) is 15.3. The van der Waals surface area contributed by atoms with Crippen molar-refractivity contribution in [3.8, 4) is 11.5 Å². The Balaban J connectivity index is 2.14. The number of hydrogen-bond acceptors (Lipinski definition) is 8. The fourth-order valence-electron chi connectivity index (χ4n) is 4.90. The number of aliphatic hydroxyl groups is 4. The lowest BCUT2D eigenvalue weighted by molar-refractivity contribution is -0.136. The van der Waals surface area contributed by atoms with Crippen molar-refractivity contribution in [1.82, 2.24) is 0 Å². The van der Waals surface area contributed by atoms with Gasteiger partial charge in [0.1, 0.15) is 28.4 Å². The van der Waals surface area contributed by atoms with Crippen LogP contribution in [0.15, 0.2) is 60.0 Å². The molecule has 8 nitrogen and oxygen atoms in total. The van der Waals surface area contributed by atoms with Crippen molar-refractivity contribution in [1.29, 1.82) is 0 Å². The minimum absolute atomic E-state index is 0.284. The van der Waals surface area contributed by atoms with E-state index in [9.17, 15) is 30.0 Å². The quantitative estimate of drug-likeness (QED) is 0.0795. The van der Waals surface area contributed by atoms with Crippen molar-refractivity contribution in [2.24, 2.45) is 17.3 Å². The summed E-state index contributed by atoms with van der Waals surface area (Å²) >= 11 is 0. The number of ether oxygens (including phenoxy) is 2. The van der Waals surface area contributed by atoms with Crippen LogP contribution in [0.3, 0.4) is 0 Å². The first-order chi connectivity index (χ1) is 20.6. The largest absolute Gasteiger partial charge is 0.511 e. The first kappa shape index (κ1) is 35.6. The van der Waals surface area contributed by atoms with Crippen LogP contribution < -0.4 is 9.47 Å². The lowest BCUT2D eigenvalue weighted by atomic mass is 9.83. The normalized spacial score (nSPS) is 13.8. The highest BCUT2D eigenvalue weighted by atomic mass is 16.5. The molecule has 2 aromatic carbocycles. The Hall–Kier alpha value is -3.62. The molecule has 2 unspecified atom stereocenters. The molecular weight excluding hydrogens is 548 g/mol. The third-order valence-electron chi connectivity index (χ3n) is 7.81. The maximum atomic E-state index is 12.3. The van der Waals surface area contributed by atoms with E-state index in [1.165, 1.54) is 12.2 Å². The van der Waals surface area contributed by atoms with Crippen LogP contribution in [0.1, 0.15) is 90.2 Å². The molecule has 0 aliphatic rings. The Morgan fingerprint density at radius 2 is 1.02 bits per heavy atom. The average Bonchev–Trinajstić information content (AvgIpc) is 2.99. The highest BCUT2D eigenvalue weighted by Crippen LogP contribution is 2.35. The molecule has 2 rings (SSSR count). The third-order valence-corrected chi connectivity index (χ3v) is 7.81. The molecule has 0 aromatic heterocycles. The number of carbonyl (C=O) groups excluding carboxylic acids is 2. The maximum absolute atomic E-state index is 12.3. The van der Waals surface area contributed by atoms with Gasteiger partial charge in [-0.25, -0.2) is 0 Å². The Labute approximate surface area is 255 Å². The second-order valence-electron chi connectivity index (χ2n) is 11.1. The second-order valence-corrected chi connectivity index (χ2v) is 11.1. The molecule has 0 spiro atoms. The van der Waals surface area contributed by atoms with E-state index in [-0.39, 0.29) is 23.8 Å². The van der Waals surface area contributed by atoms with Crippen molar-refractivity contribution in [2.45, 2.75) is 79.1 Å². The fraction of sp³-hybridized carbons (Fsp3) is 0.486. The third kappa shape index (κ3) is 10.9. The topological polar surface area (TPSA) is 134 Å². The maximum Gasteiger partial charge on any atom is 0.311 e. The molecule has 0 bridgehead atoms. The van der Waals surface area contributed by atoms with E-state index in [0.29, 0.717) is 35.5 Å². The molecular formula is C35H48O8. The van der Waals surface area contributed by atoms with Gasteiger partial charge in [0.05, 0.1) is 13.2 Å². The molecule has 4 N–H and O–H groups in total. The van der Waals surface area contributed by atoms with E-state index in [2.05, 4.69) is 27.7 Å². The zero-order valence-corrected chi connectivity index (χ0v) is 25.9. The standard InChI is InChI=1S/C35H48O8/c1-5-9-25(7-3)21-33(40)42-29-15-11-27(12-16-29)19-31(38)35(23-36,24-37)32(39)20-28-13-17-30(18-14-28)43-34(41)22-26(8-4)10-6-2/h11-20,25-26,36-39H,5-10,21-24H2,1-4H3. The molecule has 0 saturated heterocycles. The smallest absolute Gasteiger partial charge is 0.311 e. The molecule has 8 heteroatoms. The van der Waals surface area contributed by atoms with Gasteiger partial charge in [0.2, 0.25) is 0 Å². The predicted molar refractivity (Wildman–Crippen MR) is 169 cm³/mol. The summed E-state index contributed by atoms with van der Waals surface area (Å²) in [6.07, 6.45) is 9.09. The molecule has 236 valence electrons. The van der Waals surface area contributed by atoms with Crippen LogP contribution in [-0.4, -0.2) is 45.6 Å². The highest BCUT2D eigenvalue weighted by molar-refractivity contribution is 5.73. The van der Waals surface area contributed by atoms with Gasteiger partial charge in [-0.05, 0) is 59.4 Å². The van der Waals surface area contributed by atoms with Gasteiger partial charge >= 0.3 is 11.9 Å². The van der Waals surface area contributed by atoms with Crippen molar-refractivity contribution < 1.29 is 39.5 Å². The van der Waals surface area contributed by atoms with Crippen LogP contribution in [0.2, 0.25) is 0 Å². The minimum Gasteiger partial charge on any atom is -0.511 e. The molecule has 0 aliphatic carbocycles. The van der Waals surface area contributed by atoms with Crippen LogP contribution >= 0.6 is 0 Å². The zero-order chi connectivity index (χ0) is 31.8. The molecule has 0 saturated carbocycles. The Kier molecular flexibility index (Phi) is 15.0. The molecule has 0 fully saturated rings. The Bertz CT molecular complexity index is 1100. The average molecular weight is 597 g/mol. The summed E-state index contributed by atoms with van der Waals surface area (Å²) in [6, 6.07) is 12.8. The molecule has 2 aromatic rings. The molecule has 0 heterocycles. The number of esters is 2. The monoisotopic (exact) mass is 596 g/mol. The lowest BCUT2D eigenvalue weighted by Crippen LogP contribution is -2.34. The van der Waals surface area contributed by atoms with Crippen molar-refractivity contribution in [3.05, 3.63) is 71.2 Å². The van der Waals surface area contributed by atoms with Crippen LogP contribution in [0, 0.1) is 17.3 Å². The number of benzene rings is 2. The summed E-state index contributed by atoms with van der Waals surface area (Å²) in [7, 11) is 0. The van der Waals surface area contributed by atoms with E-state index >= 15 is 0 Å². The van der Waals surface area contributed by atoms with Crippen molar-refractivity contribution >= 4 is 24.1 Å². The van der Waals surface area contributed by atoms with Crippen LogP contribution in [0.25, 0.3) is 12.2 Å². The van der Waals surface area contributed by atoms with Crippen LogP contribution in [0.4, 0.5) is 0 Å². The predicted octanol–water partition coefficient (Wildman–Crippen LogP) is 7.40. The van der Waals surface area contributed by atoms with E-state index in [0.717, 1.165) is 38.5 Å². The van der Waals surface area contributed by atoms with E-state index in [1.807, 2.05) is 0 Å². The second kappa shape index (κ2) is 18.1.